The van der Waals surface area contributed by atoms with E-state index in [0.717, 1.165) is 27.9 Å². The highest BCUT2D eigenvalue weighted by Crippen LogP contribution is 2.47. The van der Waals surface area contributed by atoms with Crippen LogP contribution in [0.3, 0.4) is 0 Å². The second kappa shape index (κ2) is 5.25. The summed E-state index contributed by atoms with van der Waals surface area (Å²) in [5, 5.41) is 14.8. The van der Waals surface area contributed by atoms with Crippen LogP contribution < -0.4 is 5.32 Å². The number of aryl methyl sites for hydroxylation is 1. The summed E-state index contributed by atoms with van der Waals surface area (Å²) in [6.07, 6.45) is 3.03. The molecule has 1 aliphatic heterocycles. The Morgan fingerprint density at radius 1 is 1.27 bits per heavy atom. The van der Waals surface area contributed by atoms with E-state index in [-0.39, 0.29) is 11.5 Å². The summed E-state index contributed by atoms with van der Waals surface area (Å²) < 4.78 is 0. The quantitative estimate of drug-likeness (QED) is 0.820. The molecule has 3 rings (SSSR count). The van der Waals surface area contributed by atoms with Crippen LogP contribution in [0.1, 0.15) is 37.8 Å². The fraction of sp³-hybridized carbons (Fsp3) is 0.389. The molecule has 1 aromatic heterocycles. The lowest BCUT2D eigenvalue weighted by molar-refractivity contribution is 0.0869. The molecule has 4 heteroatoms. The number of nitrogens with zero attached hydrogens (tertiary/aromatic N) is 1. The number of hydrogen-bond donors (Lipinski definition) is 2. The van der Waals surface area contributed by atoms with E-state index in [4.69, 9.17) is 11.6 Å². The molecule has 0 saturated carbocycles. The van der Waals surface area contributed by atoms with Crippen LogP contribution in [0.15, 0.2) is 30.6 Å². The number of aliphatic hydroxyl groups is 1. The van der Waals surface area contributed by atoms with Crippen molar-refractivity contribution in [1.82, 2.24) is 4.98 Å². The molecule has 0 amide bonds. The average molecular weight is 317 g/mol. The van der Waals surface area contributed by atoms with Crippen LogP contribution in [-0.2, 0) is 0 Å². The first-order valence-corrected chi connectivity index (χ1v) is 7.90. The maximum Gasteiger partial charge on any atom is 0.0831 e. The lowest BCUT2D eigenvalue weighted by Crippen LogP contribution is -2.50. The number of halogens is 1. The zero-order valence-electron chi connectivity index (χ0n) is 13.3. The summed E-state index contributed by atoms with van der Waals surface area (Å²) in [4.78, 5) is 4.06. The maximum absolute atomic E-state index is 10.6. The van der Waals surface area contributed by atoms with Crippen molar-refractivity contribution >= 4 is 17.3 Å². The van der Waals surface area contributed by atoms with Crippen LogP contribution in [0, 0.1) is 6.92 Å². The average Bonchev–Trinajstić information content (AvgIpc) is 2.49. The van der Waals surface area contributed by atoms with Gasteiger partial charge in [-0.2, -0.15) is 0 Å². The Labute approximate surface area is 136 Å². The largest absolute Gasteiger partial charge is 0.390 e. The van der Waals surface area contributed by atoms with Gasteiger partial charge in [0.1, 0.15) is 0 Å². The van der Waals surface area contributed by atoms with Crippen LogP contribution in [0.2, 0.25) is 5.02 Å². The highest BCUT2D eigenvalue weighted by molar-refractivity contribution is 6.34. The van der Waals surface area contributed by atoms with E-state index in [1.165, 1.54) is 0 Å². The molecule has 2 atom stereocenters. The van der Waals surface area contributed by atoms with Gasteiger partial charge >= 0.3 is 0 Å². The standard InChI is InChI=1S/C18H21ClN2O/c1-10-9-13(12-5-7-20-8-6-12)15(19)14-11(2)17(22)18(3,4)21-16(10)14/h5-9,11,17,21-22H,1-4H3. The number of fused-ring (bicyclic) bond motifs is 1. The Morgan fingerprint density at radius 3 is 2.55 bits per heavy atom. The number of hydrogen-bond acceptors (Lipinski definition) is 3. The molecule has 0 spiro atoms. The van der Waals surface area contributed by atoms with Crippen LogP contribution in [0.4, 0.5) is 5.69 Å². The van der Waals surface area contributed by atoms with Crippen molar-refractivity contribution in [2.24, 2.45) is 0 Å². The van der Waals surface area contributed by atoms with Crippen LogP contribution in [0.25, 0.3) is 11.1 Å². The summed E-state index contributed by atoms with van der Waals surface area (Å²) in [6, 6.07) is 6.01. The minimum absolute atomic E-state index is 0.0285. The molecule has 0 radical (unpaired) electrons. The molecule has 2 N–H and O–H groups in total. The Hall–Kier alpha value is -1.58. The first-order valence-electron chi connectivity index (χ1n) is 7.52. The zero-order chi connectivity index (χ0) is 16.1. The Balaban J connectivity index is 2.24. The van der Waals surface area contributed by atoms with Gasteiger partial charge in [0.05, 0.1) is 16.7 Å². The number of benzene rings is 1. The molecule has 0 bridgehead atoms. The Kier molecular flexibility index (Phi) is 3.66. The summed E-state index contributed by atoms with van der Waals surface area (Å²) in [6.45, 7) is 8.14. The fourth-order valence-electron chi connectivity index (χ4n) is 3.33. The van der Waals surface area contributed by atoms with E-state index in [1.807, 2.05) is 32.9 Å². The highest BCUT2D eigenvalue weighted by Gasteiger charge is 2.40. The molecule has 2 aromatic rings. The molecular formula is C18H21ClN2O. The van der Waals surface area contributed by atoms with Crippen LogP contribution in [0.5, 0.6) is 0 Å². The van der Waals surface area contributed by atoms with Gasteiger partial charge in [0, 0.05) is 35.1 Å². The lowest BCUT2D eigenvalue weighted by Gasteiger charge is -2.43. The van der Waals surface area contributed by atoms with Crippen LogP contribution in [-0.4, -0.2) is 21.7 Å². The first kappa shape index (κ1) is 15.3. The Morgan fingerprint density at radius 2 is 1.91 bits per heavy atom. The van der Waals surface area contributed by atoms with Crippen molar-refractivity contribution in [2.75, 3.05) is 5.32 Å². The van der Waals surface area contributed by atoms with Crippen LogP contribution >= 0.6 is 11.6 Å². The topological polar surface area (TPSA) is 45.2 Å². The highest BCUT2D eigenvalue weighted by atomic mass is 35.5. The van der Waals surface area contributed by atoms with E-state index < -0.39 is 6.10 Å². The first-order chi connectivity index (χ1) is 10.3. The number of aromatic nitrogens is 1. The SMILES string of the molecule is Cc1cc(-c2ccncc2)c(Cl)c2c1NC(C)(C)C(O)C2C. The normalized spacial score (nSPS) is 22.8. The minimum atomic E-state index is -0.496. The number of nitrogens with one attached hydrogen (secondary N) is 1. The summed E-state index contributed by atoms with van der Waals surface area (Å²) in [5.41, 5.74) is 4.83. The third-order valence-corrected chi connectivity index (χ3v) is 5.01. The minimum Gasteiger partial charge on any atom is -0.390 e. The van der Waals surface area contributed by atoms with Crippen molar-refractivity contribution in [2.45, 2.75) is 45.3 Å². The van der Waals surface area contributed by atoms with Gasteiger partial charge < -0.3 is 10.4 Å². The predicted molar refractivity (Wildman–Crippen MR) is 91.5 cm³/mol. The zero-order valence-corrected chi connectivity index (χ0v) is 14.1. The molecule has 0 fully saturated rings. The third kappa shape index (κ3) is 2.29. The van der Waals surface area contributed by atoms with E-state index >= 15 is 0 Å². The molecule has 1 aromatic carbocycles. The van der Waals surface area contributed by atoms with E-state index in [2.05, 4.69) is 23.3 Å². The third-order valence-electron chi connectivity index (χ3n) is 4.60. The molecule has 2 heterocycles. The summed E-state index contributed by atoms with van der Waals surface area (Å²) >= 11 is 6.71. The van der Waals surface area contributed by atoms with Crippen molar-refractivity contribution < 1.29 is 5.11 Å². The summed E-state index contributed by atoms with van der Waals surface area (Å²) in [7, 11) is 0. The molecule has 22 heavy (non-hydrogen) atoms. The van der Waals surface area contributed by atoms with E-state index in [9.17, 15) is 5.11 Å². The summed E-state index contributed by atoms with van der Waals surface area (Å²) in [5.74, 6) is -0.0285. The van der Waals surface area contributed by atoms with Gasteiger partial charge in [0.15, 0.2) is 0 Å². The van der Waals surface area contributed by atoms with E-state index in [1.54, 1.807) is 12.4 Å². The number of aliphatic hydroxyl groups excluding tert-OH is 1. The van der Waals surface area contributed by atoms with E-state index in [0.29, 0.717) is 5.02 Å². The fourth-order valence-corrected chi connectivity index (χ4v) is 3.76. The smallest absolute Gasteiger partial charge is 0.0831 e. The van der Waals surface area contributed by atoms with Gasteiger partial charge in [-0.3, -0.25) is 4.98 Å². The van der Waals surface area contributed by atoms with Gasteiger partial charge in [-0.05, 0) is 50.1 Å². The van der Waals surface area contributed by atoms with Gasteiger partial charge in [0.25, 0.3) is 0 Å². The van der Waals surface area contributed by atoms with Crippen molar-refractivity contribution in [3.63, 3.8) is 0 Å². The molecule has 116 valence electrons. The van der Waals surface area contributed by atoms with Gasteiger partial charge in [0.2, 0.25) is 0 Å². The molecule has 0 saturated heterocycles. The number of anilines is 1. The van der Waals surface area contributed by atoms with Crippen molar-refractivity contribution in [1.29, 1.82) is 0 Å². The van der Waals surface area contributed by atoms with Gasteiger partial charge in [-0.1, -0.05) is 18.5 Å². The Bertz CT molecular complexity index is 713. The predicted octanol–water partition coefficient (Wildman–Crippen LogP) is 4.38. The molecular weight excluding hydrogens is 296 g/mol. The molecule has 1 aliphatic rings. The second-order valence-electron chi connectivity index (χ2n) is 6.66. The monoisotopic (exact) mass is 316 g/mol. The lowest BCUT2D eigenvalue weighted by atomic mass is 9.77. The maximum atomic E-state index is 10.6. The molecule has 0 aliphatic carbocycles. The molecule has 2 unspecified atom stereocenters. The number of pyridine rings is 1. The van der Waals surface area contributed by atoms with Crippen molar-refractivity contribution in [3.8, 4) is 11.1 Å². The molecule has 3 nitrogen and oxygen atoms in total. The van der Waals surface area contributed by atoms with Crippen molar-refractivity contribution in [3.05, 3.63) is 46.7 Å². The van der Waals surface area contributed by atoms with Gasteiger partial charge in [-0.25, -0.2) is 0 Å². The van der Waals surface area contributed by atoms with Gasteiger partial charge in [-0.15, -0.1) is 0 Å². The number of rotatable bonds is 1. The second-order valence-corrected chi connectivity index (χ2v) is 7.04.